The maximum absolute atomic E-state index is 13.1. The summed E-state index contributed by atoms with van der Waals surface area (Å²) in [7, 11) is 0. The molecule has 4 unspecified atom stereocenters. The van der Waals surface area contributed by atoms with Crippen LogP contribution in [0.5, 0.6) is 0 Å². The summed E-state index contributed by atoms with van der Waals surface area (Å²) in [5.41, 5.74) is 6.85. The molecule has 0 heterocycles. The average molecular weight is 265 g/mol. The van der Waals surface area contributed by atoms with Crippen LogP contribution in [0.1, 0.15) is 37.7 Å². The Labute approximate surface area is 113 Å². The standard InChI is InChI=1S/C16H21F2N/c17-14-5-11(6-15(18)9-14)7-16(19)8-13-4-10-1-2-12(13)3-10/h5-6,9-10,12-13,16H,1-4,7-8,19H2. The van der Waals surface area contributed by atoms with Crippen LogP contribution in [0.25, 0.3) is 0 Å². The summed E-state index contributed by atoms with van der Waals surface area (Å²) in [6.07, 6.45) is 7.02. The number of fused-ring (bicyclic) bond motifs is 2. The second-order valence-corrected chi connectivity index (χ2v) is 6.41. The second-order valence-electron chi connectivity index (χ2n) is 6.41. The van der Waals surface area contributed by atoms with Gasteiger partial charge in [-0.1, -0.05) is 6.42 Å². The fraction of sp³-hybridized carbons (Fsp3) is 0.625. The van der Waals surface area contributed by atoms with E-state index in [4.69, 9.17) is 5.73 Å². The van der Waals surface area contributed by atoms with Gasteiger partial charge in [-0.2, -0.15) is 0 Å². The van der Waals surface area contributed by atoms with E-state index in [1.165, 1.54) is 37.8 Å². The lowest BCUT2D eigenvalue weighted by molar-refractivity contribution is 0.294. The van der Waals surface area contributed by atoms with Crippen molar-refractivity contribution in [1.29, 1.82) is 0 Å². The second kappa shape index (κ2) is 5.20. The topological polar surface area (TPSA) is 26.0 Å². The van der Waals surface area contributed by atoms with Crippen LogP contribution in [0.4, 0.5) is 8.78 Å². The van der Waals surface area contributed by atoms with E-state index in [0.29, 0.717) is 12.0 Å². The molecule has 0 spiro atoms. The van der Waals surface area contributed by atoms with Gasteiger partial charge in [-0.05, 0) is 67.6 Å². The number of halogens is 2. The average Bonchev–Trinajstić information content (AvgIpc) is 2.88. The van der Waals surface area contributed by atoms with Crippen LogP contribution in [0.3, 0.4) is 0 Å². The van der Waals surface area contributed by atoms with Crippen LogP contribution in [-0.4, -0.2) is 6.04 Å². The normalized spacial score (nSPS) is 30.8. The van der Waals surface area contributed by atoms with Gasteiger partial charge in [0.15, 0.2) is 0 Å². The highest BCUT2D eigenvalue weighted by Gasteiger charge is 2.39. The zero-order valence-electron chi connectivity index (χ0n) is 11.1. The Bertz CT molecular complexity index is 440. The molecule has 3 heteroatoms. The maximum atomic E-state index is 13.1. The molecule has 0 radical (unpaired) electrons. The van der Waals surface area contributed by atoms with Crippen molar-refractivity contribution in [3.63, 3.8) is 0 Å². The van der Waals surface area contributed by atoms with Crippen molar-refractivity contribution in [3.8, 4) is 0 Å². The van der Waals surface area contributed by atoms with Gasteiger partial charge in [0.2, 0.25) is 0 Å². The molecule has 0 amide bonds. The van der Waals surface area contributed by atoms with Gasteiger partial charge in [0, 0.05) is 12.1 Å². The van der Waals surface area contributed by atoms with Crippen molar-refractivity contribution in [2.24, 2.45) is 23.5 Å². The molecule has 19 heavy (non-hydrogen) atoms. The van der Waals surface area contributed by atoms with Gasteiger partial charge in [-0.15, -0.1) is 0 Å². The van der Waals surface area contributed by atoms with Crippen molar-refractivity contribution < 1.29 is 8.78 Å². The van der Waals surface area contributed by atoms with E-state index in [1.807, 2.05) is 0 Å². The lowest BCUT2D eigenvalue weighted by atomic mass is 9.83. The molecule has 104 valence electrons. The summed E-state index contributed by atoms with van der Waals surface area (Å²) in [5.74, 6) is 1.51. The first-order valence-electron chi connectivity index (χ1n) is 7.30. The molecular formula is C16H21F2N. The smallest absolute Gasteiger partial charge is 0.126 e. The summed E-state index contributed by atoms with van der Waals surface area (Å²) < 4.78 is 26.2. The third-order valence-electron chi connectivity index (χ3n) is 4.91. The van der Waals surface area contributed by atoms with Crippen molar-refractivity contribution in [2.75, 3.05) is 0 Å². The Morgan fingerprint density at radius 3 is 2.42 bits per heavy atom. The summed E-state index contributed by atoms with van der Waals surface area (Å²) in [5, 5.41) is 0. The molecule has 2 aliphatic carbocycles. The molecule has 2 fully saturated rings. The molecule has 2 aliphatic rings. The number of hydrogen-bond donors (Lipinski definition) is 1. The van der Waals surface area contributed by atoms with E-state index in [0.717, 1.165) is 30.2 Å². The predicted molar refractivity (Wildman–Crippen MR) is 71.6 cm³/mol. The summed E-state index contributed by atoms with van der Waals surface area (Å²) in [6.45, 7) is 0. The molecule has 4 atom stereocenters. The van der Waals surface area contributed by atoms with Gasteiger partial charge in [0.25, 0.3) is 0 Å². The fourth-order valence-electron chi connectivity index (χ4n) is 4.17. The minimum Gasteiger partial charge on any atom is -0.327 e. The SMILES string of the molecule is NC(Cc1cc(F)cc(F)c1)CC1CC2CCC1C2. The minimum atomic E-state index is -0.512. The van der Waals surface area contributed by atoms with Gasteiger partial charge in [0.05, 0.1) is 0 Å². The Balaban J connectivity index is 1.57. The molecule has 2 saturated carbocycles. The van der Waals surface area contributed by atoms with Crippen LogP contribution in [0.15, 0.2) is 18.2 Å². The quantitative estimate of drug-likeness (QED) is 0.883. The Kier molecular flexibility index (Phi) is 3.57. The molecule has 0 saturated heterocycles. The largest absolute Gasteiger partial charge is 0.327 e. The molecule has 2 N–H and O–H groups in total. The molecule has 2 bridgehead atoms. The minimum absolute atomic E-state index is 0.0190. The van der Waals surface area contributed by atoms with E-state index in [-0.39, 0.29) is 6.04 Å². The van der Waals surface area contributed by atoms with Crippen LogP contribution >= 0.6 is 0 Å². The van der Waals surface area contributed by atoms with Gasteiger partial charge in [0.1, 0.15) is 11.6 Å². The highest BCUT2D eigenvalue weighted by molar-refractivity contribution is 5.19. The molecule has 1 aromatic rings. The third-order valence-corrected chi connectivity index (χ3v) is 4.91. The maximum Gasteiger partial charge on any atom is 0.126 e. The monoisotopic (exact) mass is 265 g/mol. The number of rotatable bonds is 4. The van der Waals surface area contributed by atoms with E-state index >= 15 is 0 Å². The Hall–Kier alpha value is -0.960. The van der Waals surface area contributed by atoms with E-state index < -0.39 is 11.6 Å². The van der Waals surface area contributed by atoms with Crippen LogP contribution < -0.4 is 5.73 Å². The van der Waals surface area contributed by atoms with Crippen molar-refractivity contribution in [1.82, 2.24) is 0 Å². The first kappa shape index (κ1) is 13.0. The highest BCUT2D eigenvalue weighted by Crippen LogP contribution is 2.49. The van der Waals surface area contributed by atoms with Crippen LogP contribution in [-0.2, 0) is 6.42 Å². The molecule has 1 nitrogen and oxygen atoms in total. The number of benzene rings is 1. The van der Waals surface area contributed by atoms with Crippen molar-refractivity contribution >= 4 is 0 Å². The first-order chi connectivity index (χ1) is 9.10. The number of hydrogen-bond acceptors (Lipinski definition) is 1. The van der Waals surface area contributed by atoms with Gasteiger partial charge >= 0.3 is 0 Å². The van der Waals surface area contributed by atoms with E-state index in [1.54, 1.807) is 0 Å². The summed E-state index contributed by atoms with van der Waals surface area (Å²) in [6, 6.07) is 3.71. The number of nitrogens with two attached hydrogens (primary N) is 1. The van der Waals surface area contributed by atoms with Crippen LogP contribution in [0, 0.1) is 29.4 Å². The molecule has 0 aromatic heterocycles. The molecule has 1 aromatic carbocycles. The first-order valence-corrected chi connectivity index (χ1v) is 7.30. The summed E-state index contributed by atoms with van der Waals surface area (Å²) >= 11 is 0. The highest BCUT2D eigenvalue weighted by atomic mass is 19.1. The Morgan fingerprint density at radius 1 is 1.11 bits per heavy atom. The molecule has 3 rings (SSSR count). The van der Waals surface area contributed by atoms with E-state index in [9.17, 15) is 8.78 Å². The third kappa shape index (κ3) is 2.97. The fourth-order valence-corrected chi connectivity index (χ4v) is 4.17. The van der Waals surface area contributed by atoms with Crippen LogP contribution in [0.2, 0.25) is 0 Å². The zero-order chi connectivity index (χ0) is 13.4. The molecular weight excluding hydrogens is 244 g/mol. The predicted octanol–water partition coefficient (Wildman–Crippen LogP) is 3.66. The van der Waals surface area contributed by atoms with Gasteiger partial charge in [-0.25, -0.2) is 8.78 Å². The van der Waals surface area contributed by atoms with Crippen molar-refractivity contribution in [3.05, 3.63) is 35.4 Å². The van der Waals surface area contributed by atoms with Crippen molar-refractivity contribution in [2.45, 2.75) is 44.6 Å². The lowest BCUT2D eigenvalue weighted by Gasteiger charge is -2.24. The summed E-state index contributed by atoms with van der Waals surface area (Å²) in [4.78, 5) is 0. The lowest BCUT2D eigenvalue weighted by Crippen LogP contribution is -2.28. The zero-order valence-corrected chi connectivity index (χ0v) is 11.1. The Morgan fingerprint density at radius 2 is 1.84 bits per heavy atom. The van der Waals surface area contributed by atoms with Gasteiger partial charge in [-0.3, -0.25) is 0 Å². The molecule has 0 aliphatic heterocycles. The van der Waals surface area contributed by atoms with E-state index in [2.05, 4.69) is 0 Å². The van der Waals surface area contributed by atoms with Gasteiger partial charge < -0.3 is 5.73 Å².